The average molecular weight is 498 g/mol. The first kappa shape index (κ1) is 24.2. The number of aliphatic imine (C=N–C) groups is 1. The van der Waals surface area contributed by atoms with Crippen molar-refractivity contribution < 1.29 is 4.39 Å². The fourth-order valence-corrected chi connectivity index (χ4v) is 5.21. The van der Waals surface area contributed by atoms with E-state index in [0.29, 0.717) is 11.9 Å². The number of nitrogens with zero attached hydrogens (tertiary/aromatic N) is 6. The topological polar surface area (TPSA) is 73.9 Å². The van der Waals surface area contributed by atoms with Gasteiger partial charge in [0.25, 0.3) is 0 Å². The van der Waals surface area contributed by atoms with Gasteiger partial charge in [-0.25, -0.2) is 14.4 Å². The third-order valence-electron chi connectivity index (χ3n) is 7.32. The number of benzene rings is 1. The Morgan fingerprint density at radius 1 is 1.14 bits per heavy atom. The quantitative estimate of drug-likeness (QED) is 0.649. The molecule has 3 aliphatic heterocycles. The lowest BCUT2D eigenvalue weighted by Crippen LogP contribution is -2.51. The second-order valence-electron chi connectivity index (χ2n) is 9.69. The molecular weight excluding hydrogens is 465 g/mol. The van der Waals surface area contributed by atoms with E-state index in [2.05, 4.69) is 42.7 Å². The largest absolute Gasteiger partial charge is 0.383 e. The van der Waals surface area contributed by atoms with Crippen LogP contribution in [-0.4, -0.2) is 77.8 Å². The molecule has 5 rings (SSSR count). The van der Waals surface area contributed by atoms with Gasteiger partial charge in [0.15, 0.2) is 0 Å². The highest BCUT2D eigenvalue weighted by atomic mass is 35.5. The Balaban J connectivity index is 1.35. The first-order valence-electron chi connectivity index (χ1n) is 12.5. The standard InChI is InChI=1S/C26H33ClFN7/c1-18-4-2-5-20(15-30-18)24-25(29)31-17-32-26(24)35-12-10-34(11-13-35)23(16-33-8-3-9-33)19-6-7-21(27)22(28)14-19/h5-7,14-15,17-18,23H,2-4,8-13,16H2,1H3,(H2,29,31,32). The summed E-state index contributed by atoms with van der Waals surface area (Å²) in [6.45, 7) is 8.52. The van der Waals surface area contributed by atoms with E-state index < -0.39 is 0 Å². The number of anilines is 2. The summed E-state index contributed by atoms with van der Waals surface area (Å²) in [5.74, 6) is 0.989. The normalized spacial score (nSPS) is 22.4. The number of halogens is 2. The fourth-order valence-electron chi connectivity index (χ4n) is 5.09. The van der Waals surface area contributed by atoms with Crippen molar-refractivity contribution in [1.82, 2.24) is 19.8 Å². The number of rotatable bonds is 6. The maximum Gasteiger partial charge on any atom is 0.142 e. The van der Waals surface area contributed by atoms with Gasteiger partial charge >= 0.3 is 0 Å². The second kappa shape index (κ2) is 10.6. The van der Waals surface area contributed by atoms with Gasteiger partial charge < -0.3 is 15.5 Å². The maximum absolute atomic E-state index is 14.3. The Hall–Kier alpha value is -2.55. The van der Waals surface area contributed by atoms with Gasteiger partial charge in [-0.3, -0.25) is 9.89 Å². The molecule has 2 fully saturated rings. The first-order valence-corrected chi connectivity index (χ1v) is 12.9. The van der Waals surface area contributed by atoms with E-state index in [4.69, 9.17) is 17.3 Å². The van der Waals surface area contributed by atoms with Crippen LogP contribution in [0.3, 0.4) is 0 Å². The Morgan fingerprint density at radius 3 is 2.66 bits per heavy atom. The summed E-state index contributed by atoms with van der Waals surface area (Å²) in [5, 5.41) is 0.167. The molecule has 2 unspecified atom stereocenters. The average Bonchev–Trinajstić information content (AvgIpc) is 3.05. The molecule has 0 aliphatic carbocycles. The molecule has 9 heteroatoms. The molecule has 4 heterocycles. The van der Waals surface area contributed by atoms with Crippen molar-refractivity contribution in [3.63, 3.8) is 0 Å². The molecule has 35 heavy (non-hydrogen) atoms. The smallest absolute Gasteiger partial charge is 0.142 e. The molecule has 186 valence electrons. The summed E-state index contributed by atoms with van der Waals surface area (Å²) >= 11 is 5.97. The predicted molar refractivity (Wildman–Crippen MR) is 141 cm³/mol. The summed E-state index contributed by atoms with van der Waals surface area (Å²) in [7, 11) is 0. The van der Waals surface area contributed by atoms with Crippen molar-refractivity contribution in [3.8, 4) is 0 Å². The van der Waals surface area contributed by atoms with E-state index in [0.717, 1.165) is 81.2 Å². The number of nitrogen functional groups attached to an aromatic ring is 1. The SMILES string of the molecule is CC1CCC=C(c2c(N)ncnc2N2CCN(C(CN3CCC3)c3ccc(Cl)c(F)c3)CC2)C=N1. The highest BCUT2D eigenvalue weighted by Crippen LogP contribution is 2.33. The molecule has 0 spiro atoms. The lowest BCUT2D eigenvalue weighted by Gasteiger charge is -2.43. The summed E-state index contributed by atoms with van der Waals surface area (Å²) in [6.07, 6.45) is 8.86. The van der Waals surface area contributed by atoms with E-state index >= 15 is 0 Å². The van der Waals surface area contributed by atoms with Gasteiger partial charge in [0.1, 0.15) is 23.8 Å². The van der Waals surface area contributed by atoms with Crippen molar-refractivity contribution >= 4 is 35.0 Å². The molecule has 1 aromatic heterocycles. The molecule has 0 saturated carbocycles. The molecular formula is C26H33ClFN7. The van der Waals surface area contributed by atoms with Gasteiger partial charge in [0, 0.05) is 56.6 Å². The van der Waals surface area contributed by atoms with Crippen molar-refractivity contribution in [2.45, 2.75) is 38.3 Å². The van der Waals surface area contributed by atoms with Crippen LogP contribution in [0.15, 0.2) is 35.6 Å². The first-order chi connectivity index (χ1) is 17.0. The molecule has 2 aromatic rings. The third-order valence-corrected chi connectivity index (χ3v) is 7.63. The number of hydrogen-bond donors (Lipinski definition) is 1. The second-order valence-corrected chi connectivity index (χ2v) is 10.1. The van der Waals surface area contributed by atoms with Crippen molar-refractivity contribution in [2.75, 3.05) is 56.4 Å². The Morgan fingerprint density at radius 2 is 1.94 bits per heavy atom. The highest BCUT2D eigenvalue weighted by molar-refractivity contribution is 6.30. The minimum Gasteiger partial charge on any atom is -0.383 e. The van der Waals surface area contributed by atoms with Crippen LogP contribution in [-0.2, 0) is 0 Å². The van der Waals surface area contributed by atoms with E-state index in [1.165, 1.54) is 6.42 Å². The number of allylic oxidation sites excluding steroid dienone is 2. The zero-order chi connectivity index (χ0) is 24.4. The van der Waals surface area contributed by atoms with Crippen LogP contribution in [0.2, 0.25) is 5.02 Å². The molecule has 2 atom stereocenters. The van der Waals surface area contributed by atoms with Gasteiger partial charge in [0.05, 0.1) is 10.6 Å². The molecule has 0 bridgehead atoms. The van der Waals surface area contributed by atoms with Crippen molar-refractivity contribution in [3.05, 3.63) is 52.6 Å². The van der Waals surface area contributed by atoms with E-state index in [-0.39, 0.29) is 16.9 Å². The number of piperazine rings is 1. The lowest BCUT2D eigenvalue weighted by molar-refractivity contribution is 0.0964. The fraction of sp³-hybridized carbons (Fsp3) is 0.500. The van der Waals surface area contributed by atoms with E-state index in [1.54, 1.807) is 18.5 Å². The molecule has 2 N–H and O–H groups in total. The van der Waals surface area contributed by atoms with Gasteiger partial charge in [0.2, 0.25) is 0 Å². The van der Waals surface area contributed by atoms with Crippen LogP contribution >= 0.6 is 11.6 Å². The van der Waals surface area contributed by atoms with Crippen molar-refractivity contribution in [2.24, 2.45) is 4.99 Å². The number of nitrogens with two attached hydrogens (primary N) is 1. The Bertz CT molecular complexity index is 1110. The van der Waals surface area contributed by atoms with Crippen LogP contribution in [0.4, 0.5) is 16.0 Å². The molecule has 7 nitrogen and oxygen atoms in total. The summed E-state index contributed by atoms with van der Waals surface area (Å²) in [5.41, 5.74) is 9.20. The molecule has 1 aromatic carbocycles. The predicted octanol–water partition coefficient (Wildman–Crippen LogP) is 4.06. The minimum absolute atomic E-state index is 0.123. The molecule has 0 amide bonds. The van der Waals surface area contributed by atoms with Crippen LogP contribution in [0.5, 0.6) is 0 Å². The van der Waals surface area contributed by atoms with Crippen LogP contribution in [0.1, 0.15) is 43.4 Å². The molecule has 2 saturated heterocycles. The zero-order valence-electron chi connectivity index (χ0n) is 20.2. The molecule has 3 aliphatic rings. The number of aromatic nitrogens is 2. The Kier molecular flexibility index (Phi) is 7.32. The number of likely N-dealkylation sites (tertiary alicyclic amines) is 1. The third kappa shape index (κ3) is 5.34. The van der Waals surface area contributed by atoms with Gasteiger partial charge in [-0.2, -0.15) is 0 Å². The monoisotopic (exact) mass is 497 g/mol. The number of hydrogen-bond acceptors (Lipinski definition) is 7. The highest BCUT2D eigenvalue weighted by Gasteiger charge is 2.30. The summed E-state index contributed by atoms with van der Waals surface area (Å²) in [6, 6.07) is 5.65. The van der Waals surface area contributed by atoms with E-state index in [1.807, 2.05) is 12.3 Å². The van der Waals surface area contributed by atoms with Crippen molar-refractivity contribution in [1.29, 1.82) is 0 Å². The van der Waals surface area contributed by atoms with Gasteiger partial charge in [-0.15, -0.1) is 0 Å². The van der Waals surface area contributed by atoms with Gasteiger partial charge in [-0.05, 0) is 57.0 Å². The summed E-state index contributed by atoms with van der Waals surface area (Å²) < 4.78 is 14.3. The maximum atomic E-state index is 14.3. The minimum atomic E-state index is -0.356. The lowest BCUT2D eigenvalue weighted by atomic mass is 10.0. The van der Waals surface area contributed by atoms with Crippen LogP contribution in [0, 0.1) is 5.82 Å². The van der Waals surface area contributed by atoms with Gasteiger partial charge in [-0.1, -0.05) is 23.7 Å². The Labute approximate surface area is 211 Å². The van der Waals surface area contributed by atoms with Crippen LogP contribution < -0.4 is 10.6 Å². The van der Waals surface area contributed by atoms with Crippen LogP contribution in [0.25, 0.3) is 5.57 Å². The van der Waals surface area contributed by atoms with E-state index in [9.17, 15) is 4.39 Å². The summed E-state index contributed by atoms with van der Waals surface area (Å²) in [4.78, 5) is 20.8. The zero-order valence-corrected chi connectivity index (χ0v) is 21.0. The molecule has 0 radical (unpaired) electrons.